The Kier molecular flexibility index (Phi) is 6.77. The van der Waals surface area contributed by atoms with Crippen molar-refractivity contribution in [1.29, 1.82) is 0 Å². The number of rotatable bonds is 3. The van der Waals surface area contributed by atoms with Crippen LogP contribution in [0.3, 0.4) is 0 Å². The molecular weight excluding hydrogens is 317 g/mol. The molecule has 9 heteroatoms. The molecule has 0 unspecified atom stereocenters. The largest absolute Gasteiger partial charge is 1.00 e. The van der Waals surface area contributed by atoms with E-state index in [1.807, 2.05) is 4.90 Å². The summed E-state index contributed by atoms with van der Waals surface area (Å²) in [5.41, 5.74) is -0.0434. The predicted octanol–water partition coefficient (Wildman–Crippen LogP) is -2.02. The Hall–Kier alpha value is 0.621. The van der Waals surface area contributed by atoms with Gasteiger partial charge in [-0.1, -0.05) is 24.3 Å². The second-order valence-corrected chi connectivity index (χ2v) is 7.05. The van der Waals surface area contributed by atoms with Gasteiger partial charge in [0.2, 0.25) is 0 Å². The van der Waals surface area contributed by atoms with Gasteiger partial charge in [0.05, 0.1) is 11.5 Å². The Labute approximate surface area is 159 Å². The number of benzene rings is 1. The van der Waals surface area contributed by atoms with Crippen LogP contribution in [-0.2, 0) is 16.4 Å². The van der Waals surface area contributed by atoms with Crippen molar-refractivity contribution in [2.24, 2.45) is 0 Å². The Morgan fingerprint density at radius 1 is 1.15 bits per heavy atom. The smallest absolute Gasteiger partial charge is 0.445 e. The molecule has 106 valence electrons. The van der Waals surface area contributed by atoms with Crippen molar-refractivity contribution < 1.29 is 72.7 Å². The van der Waals surface area contributed by atoms with E-state index in [4.69, 9.17) is 0 Å². The van der Waals surface area contributed by atoms with Gasteiger partial charge in [0.1, 0.15) is 0 Å². The van der Waals surface area contributed by atoms with Crippen molar-refractivity contribution in [3.05, 3.63) is 29.8 Å². The van der Waals surface area contributed by atoms with Crippen LogP contribution in [0.25, 0.3) is 0 Å². The summed E-state index contributed by atoms with van der Waals surface area (Å²) in [5.74, 6) is 0.159. The van der Waals surface area contributed by atoms with E-state index in [0.717, 1.165) is 12.1 Å². The van der Waals surface area contributed by atoms with E-state index >= 15 is 0 Å². The molecule has 0 saturated carbocycles. The van der Waals surface area contributed by atoms with Gasteiger partial charge in [-0.15, -0.1) is 5.46 Å². The van der Waals surface area contributed by atoms with Gasteiger partial charge in [-0.05, 0) is 5.56 Å². The van der Waals surface area contributed by atoms with Crippen molar-refractivity contribution >= 4 is 22.3 Å². The van der Waals surface area contributed by atoms with Gasteiger partial charge in [0.15, 0.2) is 9.84 Å². The Bertz CT molecular complexity index is 551. The molecule has 0 bridgehead atoms. The molecule has 0 radical (unpaired) electrons. The fourth-order valence-corrected chi connectivity index (χ4v) is 3.34. The molecule has 1 aromatic carbocycles. The molecule has 0 aromatic heterocycles. The average Bonchev–Trinajstić information content (AvgIpc) is 2.31. The number of hydrogen-bond acceptors (Lipinski definition) is 3. The second kappa shape index (κ2) is 7.26. The molecule has 0 spiro atoms. The second-order valence-electron chi connectivity index (χ2n) is 4.75. The van der Waals surface area contributed by atoms with E-state index in [-0.39, 0.29) is 62.9 Å². The summed E-state index contributed by atoms with van der Waals surface area (Å²) >= 11 is 0. The number of sulfone groups is 1. The molecule has 1 heterocycles. The third kappa shape index (κ3) is 5.43. The zero-order valence-electron chi connectivity index (χ0n) is 11.2. The van der Waals surface area contributed by atoms with E-state index in [0.29, 0.717) is 25.2 Å². The molecule has 2 rings (SSSR count). The predicted molar refractivity (Wildman–Crippen MR) is 69.1 cm³/mol. The van der Waals surface area contributed by atoms with E-state index in [9.17, 15) is 21.4 Å². The van der Waals surface area contributed by atoms with Crippen LogP contribution in [0.5, 0.6) is 0 Å². The Morgan fingerprint density at radius 3 is 2.30 bits per heavy atom. The number of hydrogen-bond donors (Lipinski definition) is 0. The number of halogens is 3. The van der Waals surface area contributed by atoms with Gasteiger partial charge < -0.3 is 12.9 Å². The van der Waals surface area contributed by atoms with Gasteiger partial charge in [0, 0.05) is 19.6 Å². The van der Waals surface area contributed by atoms with Crippen molar-refractivity contribution in [2.75, 3.05) is 24.6 Å². The Morgan fingerprint density at radius 2 is 1.75 bits per heavy atom. The van der Waals surface area contributed by atoms with Gasteiger partial charge in [-0.25, -0.2) is 8.42 Å². The fraction of sp³-hybridized carbons (Fsp3) is 0.455. The van der Waals surface area contributed by atoms with Crippen LogP contribution < -0.4 is 56.8 Å². The SMILES string of the molecule is O=S1(=O)CCN(Cc2cccc([B-](F)(F)F)c2)CC1.[K+]. The molecule has 0 N–H and O–H groups in total. The van der Waals surface area contributed by atoms with E-state index in [2.05, 4.69) is 0 Å². The summed E-state index contributed by atoms with van der Waals surface area (Å²) in [5, 5.41) is 0. The maximum absolute atomic E-state index is 12.6. The van der Waals surface area contributed by atoms with Crippen molar-refractivity contribution in [3.8, 4) is 0 Å². The molecule has 3 nitrogen and oxygen atoms in total. The molecule has 0 aliphatic carbocycles. The summed E-state index contributed by atoms with van der Waals surface area (Å²) in [6, 6.07) is 5.22. The minimum absolute atomic E-state index is 0. The van der Waals surface area contributed by atoms with E-state index < -0.39 is 22.3 Å². The van der Waals surface area contributed by atoms with Gasteiger partial charge in [0.25, 0.3) is 0 Å². The molecular formula is C11H14BF3KNO2S. The van der Waals surface area contributed by atoms with E-state index in [1.54, 1.807) is 6.07 Å². The van der Waals surface area contributed by atoms with Crippen molar-refractivity contribution in [3.63, 3.8) is 0 Å². The maximum atomic E-state index is 12.6. The summed E-state index contributed by atoms with van der Waals surface area (Å²) in [7, 11) is -2.96. The van der Waals surface area contributed by atoms with Crippen LogP contribution in [-0.4, -0.2) is 44.9 Å². The molecule has 1 aromatic rings. The normalized spacial score (nSPS) is 19.4. The third-order valence-corrected chi connectivity index (χ3v) is 4.78. The minimum atomic E-state index is -4.99. The van der Waals surface area contributed by atoms with Crippen molar-refractivity contribution in [2.45, 2.75) is 6.54 Å². The minimum Gasteiger partial charge on any atom is -0.445 e. The first-order valence-electron chi connectivity index (χ1n) is 5.98. The first-order valence-corrected chi connectivity index (χ1v) is 7.80. The first-order chi connectivity index (χ1) is 8.76. The molecule has 0 amide bonds. The topological polar surface area (TPSA) is 37.4 Å². The molecule has 20 heavy (non-hydrogen) atoms. The number of nitrogens with zero attached hydrogens (tertiary/aromatic N) is 1. The zero-order valence-corrected chi connectivity index (χ0v) is 15.2. The molecule has 0 atom stereocenters. The summed E-state index contributed by atoms with van der Waals surface area (Å²) in [4.78, 5) is 1.86. The van der Waals surface area contributed by atoms with E-state index in [1.165, 1.54) is 6.07 Å². The zero-order chi connectivity index (χ0) is 14.1. The van der Waals surface area contributed by atoms with Crippen molar-refractivity contribution in [1.82, 2.24) is 4.90 Å². The summed E-state index contributed by atoms with van der Waals surface area (Å²) in [6.07, 6.45) is 0. The molecule has 1 saturated heterocycles. The summed E-state index contributed by atoms with van der Waals surface area (Å²) in [6.45, 7) is -3.87. The van der Waals surface area contributed by atoms with Crippen LogP contribution in [0.1, 0.15) is 5.56 Å². The fourth-order valence-electron chi connectivity index (χ4n) is 2.06. The third-order valence-electron chi connectivity index (χ3n) is 3.17. The molecule has 1 aliphatic heterocycles. The van der Waals surface area contributed by atoms with Crippen LogP contribution in [0.4, 0.5) is 12.9 Å². The Balaban J connectivity index is 0.00000200. The molecule has 1 fully saturated rings. The van der Waals surface area contributed by atoms with Gasteiger partial charge >= 0.3 is 58.4 Å². The monoisotopic (exact) mass is 331 g/mol. The average molecular weight is 331 g/mol. The standard InChI is InChI=1S/C11H14BF3NO2S.K/c13-12(14,15)11-3-1-2-10(8-11)9-16-4-6-19(17,18)7-5-16;/h1-3,8H,4-7,9H2;/q-1;+1. The van der Waals surface area contributed by atoms with Crippen LogP contribution in [0.2, 0.25) is 0 Å². The van der Waals surface area contributed by atoms with Crippen LogP contribution in [0.15, 0.2) is 24.3 Å². The van der Waals surface area contributed by atoms with Gasteiger partial charge in [-0.3, -0.25) is 4.90 Å². The quantitative estimate of drug-likeness (QED) is 0.600. The molecule has 1 aliphatic rings. The van der Waals surface area contributed by atoms with Crippen LogP contribution >= 0.6 is 0 Å². The summed E-state index contributed by atoms with van der Waals surface area (Å²) < 4.78 is 60.4. The first kappa shape index (κ1) is 18.7. The van der Waals surface area contributed by atoms with Crippen LogP contribution in [0, 0.1) is 0 Å². The van der Waals surface area contributed by atoms with Gasteiger partial charge in [-0.2, -0.15) is 0 Å². The maximum Gasteiger partial charge on any atom is 1.00 e.